The van der Waals surface area contributed by atoms with Crippen molar-refractivity contribution in [3.8, 4) is 11.5 Å². The molecule has 0 saturated carbocycles. The van der Waals surface area contributed by atoms with Gasteiger partial charge in [0.15, 0.2) is 0 Å². The summed E-state index contributed by atoms with van der Waals surface area (Å²) in [4.78, 5) is 41.1. The number of rotatable bonds is 5. The van der Waals surface area contributed by atoms with Gasteiger partial charge in [0.2, 0.25) is 11.8 Å². The molecule has 2 aromatic rings. The molecule has 3 N–H and O–H groups in total. The highest BCUT2D eigenvalue weighted by Gasteiger charge is 2.40. The molecule has 9 heteroatoms. The molecule has 0 atom stereocenters. The van der Waals surface area contributed by atoms with Crippen LogP contribution in [-0.4, -0.2) is 69.1 Å². The third-order valence-electron chi connectivity index (χ3n) is 8.01. The molecule has 40 heavy (non-hydrogen) atoms. The van der Waals surface area contributed by atoms with Crippen LogP contribution in [0.2, 0.25) is 0 Å². The lowest BCUT2D eigenvalue weighted by Crippen LogP contribution is -2.50. The van der Waals surface area contributed by atoms with Crippen molar-refractivity contribution in [3.63, 3.8) is 0 Å². The summed E-state index contributed by atoms with van der Waals surface area (Å²) in [5.41, 5.74) is 1.94. The maximum absolute atomic E-state index is 13.5. The first-order valence-electron chi connectivity index (χ1n) is 14.3. The Morgan fingerprint density at radius 1 is 1.00 bits per heavy atom. The van der Waals surface area contributed by atoms with Crippen LogP contribution in [0.5, 0.6) is 11.5 Å². The van der Waals surface area contributed by atoms with Gasteiger partial charge in [0.05, 0.1) is 31.2 Å². The third kappa shape index (κ3) is 7.53. The number of nitrogens with one attached hydrogen (secondary N) is 3. The molecule has 2 aliphatic heterocycles. The van der Waals surface area contributed by atoms with Crippen LogP contribution in [0.15, 0.2) is 42.5 Å². The van der Waals surface area contributed by atoms with E-state index in [9.17, 15) is 14.4 Å². The fourth-order valence-corrected chi connectivity index (χ4v) is 5.58. The van der Waals surface area contributed by atoms with Crippen LogP contribution in [0.25, 0.3) is 0 Å². The van der Waals surface area contributed by atoms with E-state index in [1.165, 1.54) is 0 Å². The molecule has 0 aliphatic carbocycles. The summed E-state index contributed by atoms with van der Waals surface area (Å²) in [6, 6.07) is 13.2. The molecule has 0 radical (unpaired) electrons. The Morgan fingerprint density at radius 3 is 2.58 bits per heavy atom. The number of carbonyl (C=O) groups is 3. The molecule has 0 unspecified atom stereocenters. The quantitative estimate of drug-likeness (QED) is 0.528. The van der Waals surface area contributed by atoms with E-state index >= 15 is 0 Å². The summed E-state index contributed by atoms with van der Waals surface area (Å²) in [5.74, 6) is 1.28. The molecule has 1 spiro atoms. The lowest BCUT2D eigenvalue weighted by molar-refractivity contribution is -0.135. The summed E-state index contributed by atoms with van der Waals surface area (Å²) in [6.45, 7) is 5.49. The highest BCUT2D eigenvalue weighted by Crippen LogP contribution is 2.37. The molecule has 4 rings (SSSR count). The van der Waals surface area contributed by atoms with Crippen molar-refractivity contribution in [3.05, 3.63) is 59.2 Å². The highest BCUT2D eigenvalue weighted by atomic mass is 16.5. The molecular formula is C31H42N4O5. The standard InChI is InChI=1S/C31H42N4O5/c1-23-9-7-11-25-28(23)40-20-8-17-33-30(38)31(13-5-6-16-32-29(25)37)14-18-35(19-15-31)22-27(36)34-21-24-10-3-4-12-26(24)39-2/h3-4,7,9-12H,5-6,8,13-22H2,1-2H3,(H,32,37)(H,33,38)(H,34,36). The Hall–Kier alpha value is -3.59. The Labute approximate surface area is 237 Å². The van der Waals surface area contributed by atoms with Crippen molar-refractivity contribution in [1.29, 1.82) is 0 Å². The molecule has 9 nitrogen and oxygen atoms in total. The average molecular weight is 551 g/mol. The van der Waals surface area contributed by atoms with Gasteiger partial charge in [-0.3, -0.25) is 19.3 Å². The molecule has 3 amide bonds. The van der Waals surface area contributed by atoms with Crippen LogP contribution in [-0.2, 0) is 16.1 Å². The molecule has 2 aromatic carbocycles. The fraction of sp³-hybridized carbons (Fsp3) is 0.516. The number of fused-ring (bicyclic) bond motifs is 1. The Bertz CT molecular complexity index is 1180. The number of ether oxygens (including phenoxy) is 2. The highest BCUT2D eigenvalue weighted by molar-refractivity contribution is 5.97. The number of nitrogens with zero attached hydrogens (tertiary/aromatic N) is 1. The van der Waals surface area contributed by atoms with Crippen LogP contribution in [0.1, 0.15) is 60.0 Å². The van der Waals surface area contributed by atoms with Gasteiger partial charge in [-0.15, -0.1) is 0 Å². The predicted octanol–water partition coefficient (Wildman–Crippen LogP) is 3.20. The van der Waals surface area contributed by atoms with Gasteiger partial charge < -0.3 is 25.4 Å². The minimum absolute atomic E-state index is 0.0413. The third-order valence-corrected chi connectivity index (χ3v) is 8.01. The first-order chi connectivity index (χ1) is 19.4. The van der Waals surface area contributed by atoms with Gasteiger partial charge in [0, 0.05) is 25.2 Å². The number of amides is 3. The Morgan fingerprint density at radius 2 is 1.77 bits per heavy atom. The summed E-state index contributed by atoms with van der Waals surface area (Å²) < 4.78 is 11.4. The van der Waals surface area contributed by atoms with E-state index in [4.69, 9.17) is 9.47 Å². The van der Waals surface area contributed by atoms with Gasteiger partial charge in [-0.25, -0.2) is 0 Å². The largest absolute Gasteiger partial charge is 0.496 e. The number of carbonyl (C=O) groups excluding carboxylic acids is 3. The number of hydrogen-bond acceptors (Lipinski definition) is 6. The number of piperidine rings is 1. The van der Waals surface area contributed by atoms with Crippen molar-refractivity contribution in [1.82, 2.24) is 20.9 Å². The molecule has 0 bridgehead atoms. The zero-order chi connectivity index (χ0) is 28.4. The topological polar surface area (TPSA) is 109 Å². The van der Waals surface area contributed by atoms with Gasteiger partial charge >= 0.3 is 0 Å². The van der Waals surface area contributed by atoms with E-state index in [-0.39, 0.29) is 17.7 Å². The van der Waals surface area contributed by atoms with Gasteiger partial charge in [0.25, 0.3) is 5.91 Å². The summed E-state index contributed by atoms with van der Waals surface area (Å²) in [6.07, 6.45) is 4.44. The van der Waals surface area contributed by atoms with Crippen molar-refractivity contribution in [2.45, 2.75) is 52.0 Å². The van der Waals surface area contributed by atoms with E-state index < -0.39 is 5.41 Å². The Balaban J connectivity index is 1.31. The lowest BCUT2D eigenvalue weighted by Gasteiger charge is -2.40. The number of aryl methyl sites for hydroxylation is 1. The van der Waals surface area contributed by atoms with Crippen LogP contribution in [0.4, 0.5) is 0 Å². The molecule has 216 valence electrons. The second-order valence-corrected chi connectivity index (χ2v) is 10.8. The molecule has 1 fully saturated rings. The van der Waals surface area contributed by atoms with E-state index in [0.717, 1.165) is 36.1 Å². The first kappa shape index (κ1) is 29.4. The predicted molar refractivity (Wildman–Crippen MR) is 153 cm³/mol. The number of hydrogen-bond donors (Lipinski definition) is 3. The smallest absolute Gasteiger partial charge is 0.255 e. The maximum Gasteiger partial charge on any atom is 0.255 e. The van der Waals surface area contributed by atoms with E-state index in [1.807, 2.05) is 43.3 Å². The fourth-order valence-electron chi connectivity index (χ4n) is 5.58. The zero-order valence-electron chi connectivity index (χ0n) is 23.7. The van der Waals surface area contributed by atoms with Crippen molar-refractivity contribution in [2.75, 3.05) is 46.4 Å². The van der Waals surface area contributed by atoms with Gasteiger partial charge in [0.1, 0.15) is 11.5 Å². The second-order valence-electron chi connectivity index (χ2n) is 10.8. The molecule has 2 aliphatic rings. The van der Waals surface area contributed by atoms with Crippen molar-refractivity contribution < 1.29 is 23.9 Å². The van der Waals surface area contributed by atoms with E-state index in [1.54, 1.807) is 13.2 Å². The SMILES string of the molecule is COc1ccccc1CNC(=O)CN1CCC2(CCCCNC(=O)c3cccc(C)c3OCCCNC2=O)CC1. The lowest BCUT2D eigenvalue weighted by atomic mass is 9.73. The summed E-state index contributed by atoms with van der Waals surface area (Å²) in [5, 5.41) is 9.16. The van der Waals surface area contributed by atoms with E-state index in [2.05, 4.69) is 20.9 Å². The molecule has 0 aromatic heterocycles. The number of likely N-dealkylation sites (tertiary alicyclic amines) is 1. The molecule has 2 heterocycles. The van der Waals surface area contributed by atoms with Gasteiger partial charge in [-0.05, 0) is 69.8 Å². The van der Waals surface area contributed by atoms with Crippen molar-refractivity contribution in [2.24, 2.45) is 5.41 Å². The number of benzene rings is 2. The second kappa shape index (κ2) is 14.2. The molecule has 1 saturated heterocycles. The summed E-state index contributed by atoms with van der Waals surface area (Å²) in [7, 11) is 1.62. The minimum Gasteiger partial charge on any atom is -0.496 e. The number of methoxy groups -OCH3 is 1. The average Bonchev–Trinajstić information content (AvgIpc) is 2.97. The van der Waals surface area contributed by atoms with Crippen LogP contribution in [0, 0.1) is 12.3 Å². The van der Waals surface area contributed by atoms with Crippen molar-refractivity contribution >= 4 is 17.7 Å². The van der Waals surface area contributed by atoms with Gasteiger partial charge in [-0.1, -0.05) is 36.8 Å². The maximum atomic E-state index is 13.5. The monoisotopic (exact) mass is 550 g/mol. The first-order valence-corrected chi connectivity index (χ1v) is 14.3. The summed E-state index contributed by atoms with van der Waals surface area (Å²) >= 11 is 0. The normalized spacial score (nSPS) is 18.8. The Kier molecular flexibility index (Phi) is 10.4. The molecular weight excluding hydrogens is 508 g/mol. The van der Waals surface area contributed by atoms with Crippen LogP contribution in [0.3, 0.4) is 0 Å². The van der Waals surface area contributed by atoms with Crippen LogP contribution < -0.4 is 25.4 Å². The number of para-hydroxylation sites is 2. The minimum atomic E-state index is -0.463. The van der Waals surface area contributed by atoms with E-state index in [0.29, 0.717) is 76.5 Å². The zero-order valence-corrected chi connectivity index (χ0v) is 23.7. The van der Waals surface area contributed by atoms with Gasteiger partial charge in [-0.2, -0.15) is 0 Å². The van der Waals surface area contributed by atoms with Crippen LogP contribution >= 0.6 is 0 Å².